The van der Waals surface area contributed by atoms with Gasteiger partial charge in [-0.2, -0.15) is 8.42 Å². The van der Waals surface area contributed by atoms with Gasteiger partial charge < -0.3 is 13.0 Å². The number of hydrogen-bond donors (Lipinski definition) is 1. The minimum absolute atomic E-state index is 0.0526. The summed E-state index contributed by atoms with van der Waals surface area (Å²) in [5, 5.41) is 0. The monoisotopic (exact) mass is 409 g/mol. The van der Waals surface area contributed by atoms with Crippen LogP contribution in [-0.2, 0) is 10.1 Å². The van der Waals surface area contributed by atoms with Crippen LogP contribution in [0.15, 0.2) is 79.3 Å². The summed E-state index contributed by atoms with van der Waals surface area (Å²) >= 11 is 0. The molecule has 1 N–H and O–H groups in total. The molecule has 0 aliphatic rings. The smallest absolute Gasteiger partial charge is 0.417 e. The van der Waals surface area contributed by atoms with Crippen LogP contribution in [0, 0.1) is 0 Å². The number of rotatable bonds is 4. The molecular formula is C19H11N3O6S. The lowest BCUT2D eigenvalue weighted by atomic mass is 10.3. The Labute approximate surface area is 162 Å². The standard InChI is InChI=1S/C19H11N3O6S/c23-19-22-14-7-5-12(10-17(14)27-19)29(24,25)28-11-4-6-13-16(9-11)26-18(21-13)15-3-1-2-8-20-15/h1-10H,(H,22,23). The van der Waals surface area contributed by atoms with Gasteiger partial charge in [-0.3, -0.25) is 9.97 Å². The van der Waals surface area contributed by atoms with Crippen molar-refractivity contribution in [2.45, 2.75) is 4.90 Å². The van der Waals surface area contributed by atoms with Crippen LogP contribution < -0.4 is 9.94 Å². The number of aromatic nitrogens is 3. The quantitative estimate of drug-likeness (QED) is 0.449. The van der Waals surface area contributed by atoms with Gasteiger partial charge in [0.25, 0.3) is 0 Å². The lowest BCUT2D eigenvalue weighted by Gasteiger charge is -2.06. The highest BCUT2D eigenvalue weighted by atomic mass is 32.2. The van der Waals surface area contributed by atoms with Gasteiger partial charge in [-0.25, -0.2) is 9.78 Å². The first-order chi connectivity index (χ1) is 14.0. The molecule has 0 amide bonds. The SMILES string of the molecule is O=c1[nH]c2ccc(S(=O)(=O)Oc3ccc4nc(-c5ccccn5)oc4c3)cc2o1. The molecule has 9 nitrogen and oxygen atoms in total. The molecular weight excluding hydrogens is 398 g/mol. The molecule has 0 saturated carbocycles. The summed E-state index contributed by atoms with van der Waals surface area (Å²) in [5.41, 5.74) is 1.95. The van der Waals surface area contributed by atoms with Crippen molar-refractivity contribution >= 4 is 32.3 Å². The average molecular weight is 409 g/mol. The molecule has 0 aliphatic heterocycles. The second kappa shape index (κ2) is 6.31. The maximum atomic E-state index is 12.6. The number of nitrogens with zero attached hydrogens (tertiary/aromatic N) is 2. The fourth-order valence-corrected chi connectivity index (χ4v) is 3.75. The number of nitrogens with one attached hydrogen (secondary N) is 1. The van der Waals surface area contributed by atoms with Gasteiger partial charge in [0.2, 0.25) is 5.89 Å². The maximum absolute atomic E-state index is 12.6. The van der Waals surface area contributed by atoms with Crippen LogP contribution in [0.3, 0.4) is 0 Å². The van der Waals surface area contributed by atoms with Crippen molar-refractivity contribution in [1.29, 1.82) is 0 Å². The molecule has 10 heteroatoms. The minimum atomic E-state index is -4.16. The van der Waals surface area contributed by atoms with Crippen LogP contribution in [0.5, 0.6) is 5.75 Å². The summed E-state index contributed by atoms with van der Waals surface area (Å²) in [6, 6.07) is 13.8. The molecule has 0 aliphatic carbocycles. The highest BCUT2D eigenvalue weighted by molar-refractivity contribution is 7.87. The predicted octanol–water partition coefficient (Wildman–Crippen LogP) is 3.09. The molecule has 2 aromatic carbocycles. The van der Waals surface area contributed by atoms with E-state index in [1.807, 2.05) is 6.07 Å². The maximum Gasteiger partial charge on any atom is 0.417 e. The average Bonchev–Trinajstić information content (AvgIpc) is 3.29. The molecule has 0 atom stereocenters. The van der Waals surface area contributed by atoms with E-state index in [4.69, 9.17) is 13.0 Å². The van der Waals surface area contributed by atoms with Crippen molar-refractivity contribution in [1.82, 2.24) is 15.0 Å². The molecule has 5 aromatic rings. The Morgan fingerprint density at radius 3 is 2.69 bits per heavy atom. The van der Waals surface area contributed by atoms with E-state index in [-0.39, 0.29) is 16.2 Å². The van der Waals surface area contributed by atoms with Crippen molar-refractivity contribution in [2.24, 2.45) is 0 Å². The van der Waals surface area contributed by atoms with Gasteiger partial charge in [0.15, 0.2) is 11.2 Å². The van der Waals surface area contributed by atoms with Crippen LogP contribution in [0.25, 0.3) is 33.8 Å². The van der Waals surface area contributed by atoms with Gasteiger partial charge in [0, 0.05) is 18.3 Å². The molecule has 0 fully saturated rings. The van der Waals surface area contributed by atoms with Gasteiger partial charge in [-0.15, -0.1) is 0 Å². The molecule has 0 bridgehead atoms. The first-order valence-corrected chi connectivity index (χ1v) is 9.78. The first kappa shape index (κ1) is 17.2. The van der Waals surface area contributed by atoms with E-state index in [1.54, 1.807) is 24.4 Å². The molecule has 0 spiro atoms. The van der Waals surface area contributed by atoms with E-state index in [0.29, 0.717) is 28.2 Å². The predicted molar refractivity (Wildman–Crippen MR) is 102 cm³/mol. The number of oxazole rings is 2. The summed E-state index contributed by atoms with van der Waals surface area (Å²) in [6.45, 7) is 0. The van der Waals surface area contributed by atoms with E-state index in [0.717, 1.165) is 0 Å². The van der Waals surface area contributed by atoms with Gasteiger partial charge in [0.05, 0.1) is 5.52 Å². The van der Waals surface area contributed by atoms with Crippen LogP contribution in [0.2, 0.25) is 0 Å². The Hall–Kier alpha value is -3.92. The van der Waals surface area contributed by atoms with Gasteiger partial charge in [0.1, 0.15) is 21.9 Å². The van der Waals surface area contributed by atoms with Crippen LogP contribution >= 0.6 is 0 Å². The van der Waals surface area contributed by atoms with E-state index in [2.05, 4.69) is 15.0 Å². The Bertz CT molecular complexity index is 1520. The first-order valence-electron chi connectivity index (χ1n) is 8.37. The highest BCUT2D eigenvalue weighted by Gasteiger charge is 2.19. The second-order valence-electron chi connectivity index (χ2n) is 6.07. The number of hydrogen-bond acceptors (Lipinski definition) is 8. The molecule has 5 rings (SSSR count). The normalized spacial score (nSPS) is 11.9. The van der Waals surface area contributed by atoms with E-state index < -0.39 is 15.9 Å². The Kier molecular flexibility index (Phi) is 3.74. The second-order valence-corrected chi connectivity index (χ2v) is 7.62. The fourth-order valence-electron chi connectivity index (χ4n) is 2.81. The summed E-state index contributed by atoms with van der Waals surface area (Å²) < 4.78 is 41.0. The molecule has 0 saturated heterocycles. The third kappa shape index (κ3) is 3.15. The molecule has 0 unspecified atom stereocenters. The molecule has 3 aromatic heterocycles. The van der Waals surface area contributed by atoms with Crippen molar-refractivity contribution in [3.05, 3.63) is 71.3 Å². The number of benzene rings is 2. The van der Waals surface area contributed by atoms with Crippen molar-refractivity contribution in [3.8, 4) is 17.3 Å². The fraction of sp³-hybridized carbons (Fsp3) is 0. The van der Waals surface area contributed by atoms with Gasteiger partial charge in [-0.05, 0) is 36.4 Å². The Morgan fingerprint density at radius 1 is 0.966 bits per heavy atom. The van der Waals surface area contributed by atoms with Crippen LogP contribution in [-0.4, -0.2) is 23.4 Å². The van der Waals surface area contributed by atoms with E-state index in [1.165, 1.54) is 30.3 Å². The third-order valence-corrected chi connectivity index (χ3v) is 5.37. The highest BCUT2D eigenvalue weighted by Crippen LogP contribution is 2.28. The van der Waals surface area contributed by atoms with Crippen molar-refractivity contribution < 1.29 is 21.4 Å². The van der Waals surface area contributed by atoms with E-state index in [9.17, 15) is 13.2 Å². The Balaban J connectivity index is 1.49. The lowest BCUT2D eigenvalue weighted by Crippen LogP contribution is -2.09. The molecule has 0 radical (unpaired) electrons. The minimum Gasteiger partial charge on any atom is -0.435 e. The number of H-pyrrole nitrogens is 1. The lowest BCUT2D eigenvalue weighted by molar-refractivity contribution is 0.485. The largest absolute Gasteiger partial charge is 0.435 e. The molecule has 29 heavy (non-hydrogen) atoms. The summed E-state index contributed by atoms with van der Waals surface area (Å²) in [7, 11) is -4.16. The number of pyridine rings is 1. The van der Waals surface area contributed by atoms with Gasteiger partial charge >= 0.3 is 15.9 Å². The summed E-state index contributed by atoms with van der Waals surface area (Å²) in [4.78, 5) is 22.0. The van der Waals surface area contributed by atoms with Crippen LogP contribution in [0.4, 0.5) is 0 Å². The van der Waals surface area contributed by atoms with Crippen molar-refractivity contribution in [2.75, 3.05) is 0 Å². The summed E-state index contributed by atoms with van der Waals surface area (Å²) in [5.74, 6) is -0.305. The van der Waals surface area contributed by atoms with Crippen molar-refractivity contribution in [3.63, 3.8) is 0 Å². The zero-order valence-corrected chi connectivity index (χ0v) is 15.3. The Morgan fingerprint density at radius 2 is 1.86 bits per heavy atom. The number of aromatic amines is 1. The number of fused-ring (bicyclic) bond motifs is 2. The zero-order chi connectivity index (χ0) is 20.0. The van der Waals surface area contributed by atoms with E-state index >= 15 is 0 Å². The third-order valence-electron chi connectivity index (χ3n) is 4.13. The topological polar surface area (TPSA) is 128 Å². The molecule has 144 valence electrons. The van der Waals surface area contributed by atoms with Crippen LogP contribution in [0.1, 0.15) is 0 Å². The zero-order valence-electron chi connectivity index (χ0n) is 14.5. The molecule has 3 heterocycles. The summed E-state index contributed by atoms with van der Waals surface area (Å²) in [6.07, 6.45) is 1.62. The van der Waals surface area contributed by atoms with Gasteiger partial charge in [-0.1, -0.05) is 6.07 Å².